The number of benzene rings is 1. The summed E-state index contributed by atoms with van der Waals surface area (Å²) in [7, 11) is 1.47. The molecule has 0 amide bonds. The molecule has 0 radical (unpaired) electrons. The van der Waals surface area contributed by atoms with E-state index in [1.807, 2.05) is 17.0 Å². The number of halogens is 1. The van der Waals surface area contributed by atoms with Gasteiger partial charge in [0.1, 0.15) is 6.54 Å². The third kappa shape index (κ3) is 2.31. The Balaban J connectivity index is 1.95. The molecule has 9 nitrogen and oxygen atoms in total. The summed E-state index contributed by atoms with van der Waals surface area (Å²) >= 11 is 5.93. The summed E-state index contributed by atoms with van der Waals surface area (Å²) in [6, 6.07) is 7.22. The van der Waals surface area contributed by atoms with Crippen LogP contribution < -0.4 is 16.1 Å². The molecule has 0 atom stereocenters. The summed E-state index contributed by atoms with van der Waals surface area (Å²) in [6.07, 6.45) is 0. The number of fused-ring (bicyclic) bond motifs is 3. The van der Waals surface area contributed by atoms with E-state index in [1.165, 1.54) is 11.6 Å². The topological polar surface area (TPSA) is 102 Å². The van der Waals surface area contributed by atoms with Gasteiger partial charge in [0.05, 0.1) is 0 Å². The van der Waals surface area contributed by atoms with E-state index >= 15 is 0 Å². The van der Waals surface area contributed by atoms with E-state index in [9.17, 15) is 14.4 Å². The Morgan fingerprint density at radius 3 is 2.58 bits per heavy atom. The van der Waals surface area contributed by atoms with E-state index in [2.05, 4.69) is 4.98 Å². The molecule has 3 aromatic rings. The zero-order chi connectivity index (χ0) is 18.6. The Labute approximate surface area is 151 Å². The van der Waals surface area contributed by atoms with Crippen LogP contribution in [0, 0.1) is 0 Å². The number of aryl methyl sites for hydroxylation is 1. The van der Waals surface area contributed by atoms with Gasteiger partial charge < -0.3 is 14.6 Å². The first-order chi connectivity index (χ1) is 12.4. The maximum absolute atomic E-state index is 12.7. The van der Waals surface area contributed by atoms with Crippen LogP contribution in [0.4, 0.5) is 11.6 Å². The minimum Gasteiger partial charge on any atom is -0.480 e. The van der Waals surface area contributed by atoms with Gasteiger partial charge in [-0.1, -0.05) is 11.6 Å². The number of rotatable bonds is 3. The largest absolute Gasteiger partial charge is 0.480 e. The summed E-state index contributed by atoms with van der Waals surface area (Å²) in [5.41, 5.74) is -0.0450. The molecule has 0 fully saturated rings. The lowest BCUT2D eigenvalue weighted by atomic mass is 10.3. The quantitative estimate of drug-likeness (QED) is 0.726. The predicted molar refractivity (Wildman–Crippen MR) is 95.3 cm³/mol. The smallest absolute Gasteiger partial charge is 0.333 e. The SMILES string of the molecule is Cn1c(=O)n(CC(=O)O)c(=O)c2c1nc1n2CCN1c1ccc(Cl)cc1. The van der Waals surface area contributed by atoms with E-state index in [-0.39, 0.29) is 11.2 Å². The van der Waals surface area contributed by atoms with Crippen LogP contribution in [0.2, 0.25) is 5.02 Å². The fraction of sp³-hybridized carbons (Fsp3) is 0.250. The zero-order valence-corrected chi connectivity index (χ0v) is 14.5. The molecule has 0 bridgehead atoms. The van der Waals surface area contributed by atoms with Crippen LogP contribution in [0.5, 0.6) is 0 Å². The van der Waals surface area contributed by atoms with Crippen LogP contribution >= 0.6 is 11.6 Å². The molecule has 0 unspecified atom stereocenters. The Morgan fingerprint density at radius 1 is 1.23 bits per heavy atom. The summed E-state index contributed by atoms with van der Waals surface area (Å²) < 4.78 is 3.62. The van der Waals surface area contributed by atoms with Crippen LogP contribution in [-0.2, 0) is 24.9 Å². The highest BCUT2D eigenvalue weighted by Crippen LogP contribution is 2.32. The normalized spacial score (nSPS) is 13.4. The van der Waals surface area contributed by atoms with Gasteiger partial charge in [0.25, 0.3) is 5.56 Å². The highest BCUT2D eigenvalue weighted by Gasteiger charge is 2.28. The number of imidazole rings is 1. The van der Waals surface area contributed by atoms with Gasteiger partial charge in [-0.2, -0.15) is 4.98 Å². The molecule has 0 spiro atoms. The first kappa shape index (κ1) is 16.4. The number of nitrogens with zero attached hydrogens (tertiary/aromatic N) is 5. The van der Waals surface area contributed by atoms with Crippen molar-refractivity contribution in [3.05, 3.63) is 50.1 Å². The minimum absolute atomic E-state index is 0.222. The molecule has 1 N–H and O–H groups in total. The number of hydrogen-bond acceptors (Lipinski definition) is 5. The molecule has 2 aromatic heterocycles. The highest BCUT2D eigenvalue weighted by molar-refractivity contribution is 6.30. The molecule has 0 saturated heterocycles. The number of carbonyl (C=O) groups is 1. The van der Waals surface area contributed by atoms with Crippen molar-refractivity contribution in [3.8, 4) is 0 Å². The molecule has 3 heterocycles. The molecule has 10 heteroatoms. The second kappa shape index (κ2) is 5.73. The third-order valence-corrected chi connectivity index (χ3v) is 4.68. The molecule has 1 aliphatic heterocycles. The van der Waals surface area contributed by atoms with E-state index in [1.54, 1.807) is 16.7 Å². The number of aliphatic carboxylic acids is 1. The molecular weight excluding hydrogens is 362 g/mol. The summed E-state index contributed by atoms with van der Waals surface area (Å²) in [5, 5.41) is 9.60. The lowest BCUT2D eigenvalue weighted by Gasteiger charge is -2.15. The molecule has 134 valence electrons. The van der Waals surface area contributed by atoms with E-state index < -0.39 is 23.8 Å². The Morgan fingerprint density at radius 2 is 1.92 bits per heavy atom. The maximum atomic E-state index is 12.7. The molecule has 1 aromatic carbocycles. The predicted octanol–water partition coefficient (Wildman–Crippen LogP) is 0.786. The molecule has 26 heavy (non-hydrogen) atoms. The summed E-state index contributed by atoms with van der Waals surface area (Å²) in [4.78, 5) is 42.5. The monoisotopic (exact) mass is 375 g/mol. The number of anilines is 2. The van der Waals surface area contributed by atoms with Crippen molar-refractivity contribution in [3.63, 3.8) is 0 Å². The van der Waals surface area contributed by atoms with Gasteiger partial charge in [-0.15, -0.1) is 0 Å². The van der Waals surface area contributed by atoms with Crippen molar-refractivity contribution < 1.29 is 9.90 Å². The number of carboxylic acid groups (broad SMARTS) is 1. The van der Waals surface area contributed by atoms with Crippen LogP contribution in [0.15, 0.2) is 33.9 Å². The van der Waals surface area contributed by atoms with Crippen molar-refractivity contribution in [1.29, 1.82) is 0 Å². The molecule has 1 aliphatic rings. The standard InChI is InChI=1S/C16H14ClN5O4/c1-19-13-12(14(25)22(16(19)26)8-11(23)24)21-7-6-20(15(21)18-13)10-4-2-9(17)3-5-10/h2-5H,6-8H2,1H3,(H,23,24). The van der Waals surface area contributed by atoms with Crippen LogP contribution in [0.25, 0.3) is 11.2 Å². The minimum atomic E-state index is -1.26. The van der Waals surface area contributed by atoms with E-state index in [0.29, 0.717) is 28.6 Å². The Kier molecular flexibility index (Phi) is 3.62. The molecule has 4 rings (SSSR count). The molecular formula is C16H14ClN5O4. The second-order valence-corrected chi connectivity index (χ2v) is 6.43. The number of carboxylic acids is 1. The lowest BCUT2D eigenvalue weighted by molar-refractivity contribution is -0.137. The number of hydrogen-bond donors (Lipinski definition) is 1. The highest BCUT2D eigenvalue weighted by atomic mass is 35.5. The Bertz CT molecular complexity index is 1160. The van der Waals surface area contributed by atoms with Crippen molar-refractivity contribution in [2.45, 2.75) is 13.1 Å². The van der Waals surface area contributed by atoms with Gasteiger partial charge in [-0.05, 0) is 24.3 Å². The van der Waals surface area contributed by atoms with Gasteiger partial charge in [0.2, 0.25) is 5.95 Å². The van der Waals surface area contributed by atoms with E-state index in [0.717, 1.165) is 5.69 Å². The van der Waals surface area contributed by atoms with Crippen LogP contribution in [-0.4, -0.2) is 36.3 Å². The zero-order valence-electron chi connectivity index (χ0n) is 13.7. The summed E-state index contributed by atoms with van der Waals surface area (Å²) in [5.74, 6) is -0.727. The molecule has 0 saturated carbocycles. The van der Waals surface area contributed by atoms with Crippen molar-refractivity contribution in [1.82, 2.24) is 18.7 Å². The lowest BCUT2D eigenvalue weighted by Crippen LogP contribution is -2.41. The Hall–Kier alpha value is -3.07. The van der Waals surface area contributed by atoms with Gasteiger partial charge in [0.15, 0.2) is 11.2 Å². The van der Waals surface area contributed by atoms with Gasteiger partial charge >= 0.3 is 11.7 Å². The van der Waals surface area contributed by atoms with Crippen LogP contribution in [0.3, 0.4) is 0 Å². The third-order valence-electron chi connectivity index (χ3n) is 4.43. The maximum Gasteiger partial charge on any atom is 0.333 e. The average molecular weight is 376 g/mol. The van der Waals surface area contributed by atoms with Crippen molar-refractivity contribution in [2.75, 3.05) is 11.4 Å². The van der Waals surface area contributed by atoms with Crippen molar-refractivity contribution in [2.24, 2.45) is 7.05 Å². The average Bonchev–Trinajstić information content (AvgIpc) is 3.16. The first-order valence-corrected chi connectivity index (χ1v) is 8.21. The van der Waals surface area contributed by atoms with Crippen LogP contribution in [0.1, 0.15) is 0 Å². The van der Waals surface area contributed by atoms with Gasteiger partial charge in [0, 0.05) is 30.8 Å². The van der Waals surface area contributed by atoms with Crippen molar-refractivity contribution >= 4 is 40.4 Å². The second-order valence-electron chi connectivity index (χ2n) is 5.99. The fourth-order valence-corrected chi connectivity index (χ4v) is 3.34. The fourth-order valence-electron chi connectivity index (χ4n) is 3.22. The molecule has 0 aliphatic carbocycles. The van der Waals surface area contributed by atoms with E-state index in [4.69, 9.17) is 16.7 Å². The summed E-state index contributed by atoms with van der Waals surface area (Å²) in [6.45, 7) is 0.402. The van der Waals surface area contributed by atoms with Gasteiger partial charge in [-0.3, -0.25) is 14.2 Å². The first-order valence-electron chi connectivity index (χ1n) is 7.83. The number of aromatic nitrogens is 4. The van der Waals surface area contributed by atoms with Gasteiger partial charge in [-0.25, -0.2) is 9.36 Å².